The number of rotatable bonds is 4. The summed E-state index contributed by atoms with van der Waals surface area (Å²) in [5.41, 5.74) is 14.1. The molecule has 0 spiro atoms. The van der Waals surface area contributed by atoms with Crippen LogP contribution in [0.1, 0.15) is 22.3 Å². The number of carbonyl (C=O) groups is 1. The highest BCUT2D eigenvalue weighted by atomic mass is 16.2. The summed E-state index contributed by atoms with van der Waals surface area (Å²) in [5, 5.41) is 0. The monoisotopic (exact) mass is 484 g/mol. The Kier molecular flexibility index (Phi) is 6.52. The maximum absolute atomic E-state index is 14.1. The number of benzene rings is 4. The first-order valence-electron chi connectivity index (χ1n) is 12.2. The van der Waals surface area contributed by atoms with Crippen molar-refractivity contribution < 1.29 is 4.79 Å². The Labute approximate surface area is 217 Å². The molecule has 2 N–H and O–H groups in total. The van der Waals surface area contributed by atoms with Gasteiger partial charge in [-0.15, -0.1) is 0 Å². The number of para-hydroxylation sites is 1. The average molecular weight is 485 g/mol. The fourth-order valence-corrected chi connectivity index (χ4v) is 4.16. The number of hydrogen-bond donors (Lipinski definition) is 1. The summed E-state index contributed by atoms with van der Waals surface area (Å²) in [7, 11) is 0. The lowest BCUT2D eigenvalue weighted by Gasteiger charge is -2.16. The van der Waals surface area contributed by atoms with Crippen molar-refractivity contribution in [2.45, 2.75) is 20.8 Å². The van der Waals surface area contributed by atoms with E-state index >= 15 is 0 Å². The summed E-state index contributed by atoms with van der Waals surface area (Å²) >= 11 is 0. The van der Waals surface area contributed by atoms with Gasteiger partial charge in [0.05, 0.1) is 28.3 Å². The van der Waals surface area contributed by atoms with Crippen molar-refractivity contribution in [2.75, 3.05) is 4.90 Å². The van der Waals surface area contributed by atoms with Gasteiger partial charge in [0.1, 0.15) is 5.71 Å². The van der Waals surface area contributed by atoms with Crippen LogP contribution in [-0.4, -0.2) is 17.5 Å². The molecular formula is C32H28N4O. The first-order chi connectivity index (χ1) is 17.9. The normalized spacial score (nSPS) is 17.1. The van der Waals surface area contributed by atoms with Crippen LogP contribution in [0.2, 0.25) is 0 Å². The van der Waals surface area contributed by atoms with Crippen LogP contribution in [-0.2, 0) is 4.79 Å². The summed E-state index contributed by atoms with van der Waals surface area (Å²) in [6.07, 6.45) is 0. The molecule has 0 atom stereocenters. The van der Waals surface area contributed by atoms with Gasteiger partial charge in [-0.1, -0.05) is 83.4 Å². The summed E-state index contributed by atoms with van der Waals surface area (Å²) in [4.78, 5) is 25.6. The maximum atomic E-state index is 14.1. The molecule has 5 heteroatoms. The molecule has 0 unspecified atom stereocenters. The lowest BCUT2D eigenvalue weighted by atomic mass is 10.0. The molecule has 1 saturated heterocycles. The van der Waals surface area contributed by atoms with E-state index in [-0.39, 0.29) is 5.91 Å². The van der Waals surface area contributed by atoms with Crippen molar-refractivity contribution in [3.05, 3.63) is 131 Å². The minimum absolute atomic E-state index is 0.263. The van der Waals surface area contributed by atoms with Gasteiger partial charge in [0.2, 0.25) is 0 Å². The Morgan fingerprint density at radius 1 is 0.649 bits per heavy atom. The predicted octanol–water partition coefficient (Wildman–Crippen LogP) is 6.83. The van der Waals surface area contributed by atoms with Crippen molar-refractivity contribution in [1.82, 2.24) is 0 Å². The standard InChI is InChI=1S/C32H28N4O/c1-21-9-15-24(16-10-21)29(33)28-30(34-25-17-11-22(2)12-18-25)31(35-26-19-13-23(3)14-20-26)36(32(28)37)27-7-5-4-6-8-27/h4-20H,33H2,1-3H3/b29-28+,34-30?,35-31?. The van der Waals surface area contributed by atoms with E-state index < -0.39 is 0 Å². The van der Waals surface area contributed by atoms with Crippen LogP contribution < -0.4 is 10.6 Å². The minimum Gasteiger partial charge on any atom is -0.398 e. The number of hydrogen-bond acceptors (Lipinski definition) is 4. The summed E-state index contributed by atoms with van der Waals surface area (Å²) < 4.78 is 0. The second kappa shape index (κ2) is 10.1. The zero-order valence-electron chi connectivity index (χ0n) is 21.1. The van der Waals surface area contributed by atoms with E-state index in [1.807, 2.05) is 124 Å². The van der Waals surface area contributed by atoms with Gasteiger partial charge in [-0.05, 0) is 62.7 Å². The fourth-order valence-electron chi connectivity index (χ4n) is 4.16. The molecule has 1 aliphatic heterocycles. The third-order valence-electron chi connectivity index (χ3n) is 6.27. The highest BCUT2D eigenvalue weighted by Crippen LogP contribution is 2.32. The zero-order chi connectivity index (χ0) is 25.9. The Morgan fingerprint density at radius 2 is 1.14 bits per heavy atom. The number of aliphatic imine (C=N–C) groups is 2. The molecule has 1 amide bonds. The van der Waals surface area contributed by atoms with Gasteiger partial charge in [-0.25, -0.2) is 9.98 Å². The van der Waals surface area contributed by atoms with Crippen molar-refractivity contribution in [2.24, 2.45) is 15.7 Å². The number of aryl methyl sites for hydroxylation is 3. The molecule has 1 aliphatic rings. The first-order valence-corrected chi connectivity index (χ1v) is 12.2. The van der Waals surface area contributed by atoms with Gasteiger partial charge in [0, 0.05) is 0 Å². The molecule has 37 heavy (non-hydrogen) atoms. The summed E-state index contributed by atoms with van der Waals surface area (Å²) in [5.74, 6) is 0.173. The van der Waals surface area contributed by atoms with Gasteiger partial charge in [-0.3, -0.25) is 9.69 Å². The molecule has 0 radical (unpaired) electrons. The highest BCUT2D eigenvalue weighted by Gasteiger charge is 2.41. The number of amidine groups is 1. The molecule has 1 fully saturated rings. The Morgan fingerprint density at radius 3 is 1.68 bits per heavy atom. The average Bonchev–Trinajstić information content (AvgIpc) is 3.17. The van der Waals surface area contributed by atoms with Gasteiger partial charge in [-0.2, -0.15) is 0 Å². The third-order valence-corrected chi connectivity index (χ3v) is 6.27. The molecule has 0 aliphatic carbocycles. The number of anilines is 1. The summed E-state index contributed by atoms with van der Waals surface area (Å²) in [6.45, 7) is 6.07. The molecule has 1 heterocycles. The Bertz CT molecular complexity index is 1530. The van der Waals surface area contributed by atoms with E-state index in [0.717, 1.165) is 27.9 Å². The summed E-state index contributed by atoms with van der Waals surface area (Å²) in [6, 6.07) is 33.0. The molecule has 0 aromatic heterocycles. The quantitative estimate of drug-likeness (QED) is 0.323. The van der Waals surface area contributed by atoms with Crippen LogP contribution in [0.4, 0.5) is 17.1 Å². The van der Waals surface area contributed by atoms with E-state index in [1.54, 1.807) is 4.90 Å². The van der Waals surface area contributed by atoms with E-state index in [0.29, 0.717) is 34.2 Å². The molecule has 0 saturated carbocycles. The predicted molar refractivity (Wildman–Crippen MR) is 153 cm³/mol. The second-order valence-electron chi connectivity index (χ2n) is 9.20. The van der Waals surface area contributed by atoms with Crippen LogP contribution in [0.25, 0.3) is 5.70 Å². The first kappa shape index (κ1) is 23.9. The van der Waals surface area contributed by atoms with E-state index in [1.165, 1.54) is 0 Å². The van der Waals surface area contributed by atoms with Gasteiger partial charge < -0.3 is 5.73 Å². The van der Waals surface area contributed by atoms with Gasteiger partial charge in [0.15, 0.2) is 5.84 Å². The zero-order valence-corrected chi connectivity index (χ0v) is 21.1. The Hall–Kier alpha value is -4.77. The Balaban J connectivity index is 1.79. The van der Waals surface area contributed by atoms with Crippen LogP contribution in [0, 0.1) is 20.8 Å². The van der Waals surface area contributed by atoms with E-state index in [9.17, 15) is 4.79 Å². The number of nitrogens with two attached hydrogens (primary N) is 1. The van der Waals surface area contributed by atoms with Crippen LogP contribution in [0.5, 0.6) is 0 Å². The lowest BCUT2D eigenvalue weighted by molar-refractivity contribution is -0.113. The molecule has 5 nitrogen and oxygen atoms in total. The SMILES string of the molecule is Cc1ccc(N=C2C(=Nc3ccc(C)cc3)N(c3ccccc3)C(=O)/C2=C(/N)c2ccc(C)cc2)cc1. The molecule has 5 rings (SSSR count). The van der Waals surface area contributed by atoms with Crippen LogP contribution in [0.15, 0.2) is 119 Å². The van der Waals surface area contributed by atoms with Crippen molar-refractivity contribution in [3.8, 4) is 0 Å². The molecule has 182 valence electrons. The van der Waals surface area contributed by atoms with Crippen LogP contribution in [0.3, 0.4) is 0 Å². The van der Waals surface area contributed by atoms with Gasteiger partial charge in [0.25, 0.3) is 5.91 Å². The maximum Gasteiger partial charge on any atom is 0.268 e. The highest BCUT2D eigenvalue weighted by molar-refractivity contribution is 6.68. The molecule has 0 bridgehead atoms. The fraction of sp³-hybridized carbons (Fsp3) is 0.0938. The number of amides is 1. The van der Waals surface area contributed by atoms with Crippen molar-refractivity contribution in [1.29, 1.82) is 0 Å². The lowest BCUT2D eigenvalue weighted by Crippen LogP contribution is -2.30. The smallest absolute Gasteiger partial charge is 0.268 e. The van der Waals surface area contributed by atoms with E-state index in [2.05, 4.69) is 0 Å². The van der Waals surface area contributed by atoms with Crippen molar-refractivity contribution in [3.63, 3.8) is 0 Å². The molecule has 4 aromatic carbocycles. The van der Waals surface area contributed by atoms with Crippen molar-refractivity contribution >= 4 is 40.2 Å². The molecule has 4 aromatic rings. The van der Waals surface area contributed by atoms with E-state index in [4.69, 9.17) is 15.7 Å². The second-order valence-corrected chi connectivity index (χ2v) is 9.20. The number of carbonyl (C=O) groups excluding carboxylic acids is 1. The minimum atomic E-state index is -0.263. The topological polar surface area (TPSA) is 71.0 Å². The van der Waals surface area contributed by atoms with Crippen LogP contribution >= 0.6 is 0 Å². The third kappa shape index (κ3) is 4.98. The number of nitrogens with zero attached hydrogens (tertiary/aromatic N) is 3. The molecular weight excluding hydrogens is 456 g/mol. The largest absolute Gasteiger partial charge is 0.398 e. The van der Waals surface area contributed by atoms with Gasteiger partial charge >= 0.3 is 0 Å².